The average Bonchev–Trinajstić information content (AvgIpc) is 3.90. The van der Waals surface area contributed by atoms with Gasteiger partial charge in [0, 0.05) is 65.6 Å². The van der Waals surface area contributed by atoms with Crippen LogP contribution in [0, 0.1) is 5.92 Å². The third-order valence-electron chi connectivity index (χ3n) is 9.81. The number of hydrogen-bond acceptors (Lipinski definition) is 7. The second-order valence-corrected chi connectivity index (χ2v) is 13.5. The van der Waals surface area contributed by atoms with Crippen LogP contribution in [-0.2, 0) is 11.3 Å². The Morgan fingerprint density at radius 1 is 0.979 bits per heavy atom. The van der Waals surface area contributed by atoms with Crippen molar-refractivity contribution in [1.29, 1.82) is 0 Å². The monoisotopic (exact) mass is 667 g/mol. The predicted octanol–water partition coefficient (Wildman–Crippen LogP) is 6.85. The highest BCUT2D eigenvalue weighted by molar-refractivity contribution is 6.39. The molecule has 4 atom stereocenters. The molecule has 2 saturated heterocycles. The first-order chi connectivity index (χ1) is 22.9. The Labute approximate surface area is 282 Å². The number of methoxy groups -OCH3 is 1. The van der Waals surface area contributed by atoms with Crippen LogP contribution in [0.4, 0.5) is 0 Å². The van der Waals surface area contributed by atoms with E-state index >= 15 is 0 Å². The number of imidazole rings is 1. The summed E-state index contributed by atoms with van der Waals surface area (Å²) in [6.07, 6.45) is 6.95. The molecule has 3 fully saturated rings. The summed E-state index contributed by atoms with van der Waals surface area (Å²) in [5.74, 6) is 2.29. The van der Waals surface area contributed by atoms with Crippen molar-refractivity contribution < 1.29 is 9.53 Å². The number of aromatic amines is 1. The van der Waals surface area contributed by atoms with Gasteiger partial charge in [0.15, 0.2) is 0 Å². The number of aromatic nitrogens is 4. The molecule has 3 aromatic heterocycles. The molecule has 47 heavy (non-hydrogen) atoms. The SMILES string of the molecule is COc1nc(-c2cccc(-c3ccnc(-c4ccc5nc([C@H]6N[C@H]7CC[C@@H]6C7)[nH]c5c4)c3Cl)c2Cl)ccc1CNC[C@@H]1CCC(=O)N1. The summed E-state index contributed by atoms with van der Waals surface area (Å²) in [4.78, 5) is 29.5. The van der Waals surface area contributed by atoms with Crippen LogP contribution in [0.3, 0.4) is 0 Å². The molecule has 1 aliphatic carbocycles. The molecule has 5 aromatic rings. The van der Waals surface area contributed by atoms with E-state index < -0.39 is 0 Å². The zero-order chi connectivity index (χ0) is 32.1. The molecule has 0 spiro atoms. The maximum atomic E-state index is 11.5. The normalized spacial score (nSPS) is 21.9. The Bertz CT molecular complexity index is 2000. The number of H-pyrrole nitrogens is 1. The van der Waals surface area contributed by atoms with Crippen molar-refractivity contribution in [2.45, 2.75) is 56.8 Å². The number of fused-ring (bicyclic) bond motifs is 3. The van der Waals surface area contributed by atoms with Gasteiger partial charge in [-0.25, -0.2) is 9.97 Å². The fourth-order valence-electron chi connectivity index (χ4n) is 7.42. The number of rotatable bonds is 9. The minimum absolute atomic E-state index is 0.108. The maximum absolute atomic E-state index is 11.5. The van der Waals surface area contributed by atoms with Gasteiger partial charge in [0.05, 0.1) is 45.6 Å². The Balaban J connectivity index is 1.05. The van der Waals surface area contributed by atoms with Gasteiger partial charge in [-0.15, -0.1) is 0 Å². The number of benzene rings is 2. The summed E-state index contributed by atoms with van der Waals surface area (Å²) in [6, 6.07) is 18.9. The predicted molar refractivity (Wildman–Crippen MR) is 184 cm³/mol. The number of pyridine rings is 2. The molecule has 11 heteroatoms. The Hall–Kier alpha value is -4.02. The highest BCUT2D eigenvalue weighted by Gasteiger charge is 2.41. The van der Waals surface area contributed by atoms with Gasteiger partial charge < -0.3 is 25.7 Å². The van der Waals surface area contributed by atoms with Gasteiger partial charge in [-0.3, -0.25) is 9.78 Å². The lowest BCUT2D eigenvalue weighted by Gasteiger charge is -2.20. The van der Waals surface area contributed by atoms with Gasteiger partial charge in [-0.2, -0.15) is 0 Å². The number of amides is 1. The number of nitrogens with zero attached hydrogens (tertiary/aromatic N) is 3. The van der Waals surface area contributed by atoms with Crippen molar-refractivity contribution in [2.75, 3.05) is 13.7 Å². The van der Waals surface area contributed by atoms with E-state index in [4.69, 9.17) is 37.9 Å². The summed E-state index contributed by atoms with van der Waals surface area (Å²) >= 11 is 14.2. The van der Waals surface area contributed by atoms with Crippen LogP contribution >= 0.6 is 23.2 Å². The molecule has 2 aromatic carbocycles. The average molecular weight is 669 g/mol. The standard InChI is InChI=1S/C36H35Cl2N7O2/c1-47-36-21(17-39-18-23-9-12-30(46)41-23)7-10-27(45-36)26-4-2-3-24(31(26)37)25-13-14-40-33(32(25)38)20-6-11-28-29(16-20)44-35(43-28)34-19-5-8-22(15-19)42-34/h2-4,6-7,10-11,13-14,16,19,22-23,34,39,42H,5,8-9,12,15,17-18H2,1H3,(H,41,46)(H,43,44)/t19-,22+,23+,34+/m1/s1. The van der Waals surface area contributed by atoms with Crippen molar-refractivity contribution >= 4 is 40.1 Å². The second kappa shape index (κ2) is 12.5. The third-order valence-corrected chi connectivity index (χ3v) is 10.6. The molecule has 5 heterocycles. The summed E-state index contributed by atoms with van der Waals surface area (Å²) in [5.41, 5.74) is 7.43. The van der Waals surface area contributed by atoms with E-state index in [2.05, 4.69) is 32.0 Å². The minimum atomic E-state index is 0.108. The van der Waals surface area contributed by atoms with Crippen LogP contribution in [0.1, 0.15) is 49.5 Å². The van der Waals surface area contributed by atoms with Crippen molar-refractivity contribution in [1.82, 2.24) is 35.9 Å². The lowest BCUT2D eigenvalue weighted by Crippen LogP contribution is -2.35. The van der Waals surface area contributed by atoms with E-state index in [1.807, 2.05) is 48.5 Å². The van der Waals surface area contributed by atoms with Gasteiger partial charge in [0.25, 0.3) is 0 Å². The van der Waals surface area contributed by atoms with Crippen molar-refractivity contribution in [2.24, 2.45) is 5.92 Å². The van der Waals surface area contributed by atoms with Crippen LogP contribution in [0.25, 0.3) is 44.7 Å². The zero-order valence-electron chi connectivity index (χ0n) is 25.9. The Morgan fingerprint density at radius 3 is 2.64 bits per heavy atom. The van der Waals surface area contributed by atoms with Gasteiger partial charge in [-0.05, 0) is 55.9 Å². The topological polar surface area (TPSA) is 117 Å². The highest BCUT2D eigenvalue weighted by Crippen LogP contribution is 2.44. The highest BCUT2D eigenvalue weighted by atomic mass is 35.5. The molecule has 0 unspecified atom stereocenters. The molecule has 2 bridgehead atoms. The molecular formula is C36H35Cl2N7O2. The van der Waals surface area contributed by atoms with Crippen molar-refractivity contribution in [3.63, 3.8) is 0 Å². The molecule has 240 valence electrons. The fraction of sp³-hybridized carbons (Fsp3) is 0.333. The van der Waals surface area contributed by atoms with Gasteiger partial charge >= 0.3 is 0 Å². The molecule has 4 N–H and O–H groups in total. The summed E-state index contributed by atoms with van der Waals surface area (Å²) < 4.78 is 5.66. The van der Waals surface area contributed by atoms with E-state index in [0.29, 0.717) is 64.8 Å². The van der Waals surface area contributed by atoms with Crippen LogP contribution < -0.4 is 20.7 Å². The lowest BCUT2D eigenvalue weighted by atomic mass is 9.99. The molecule has 8 rings (SSSR count). The van der Waals surface area contributed by atoms with Gasteiger partial charge in [0.2, 0.25) is 11.8 Å². The summed E-state index contributed by atoms with van der Waals surface area (Å²) in [5, 5.41) is 11.2. The number of hydrogen-bond donors (Lipinski definition) is 4. The number of nitrogens with one attached hydrogen (secondary N) is 4. The molecule has 2 aliphatic heterocycles. The van der Waals surface area contributed by atoms with Gasteiger partial charge in [0.1, 0.15) is 5.82 Å². The van der Waals surface area contributed by atoms with E-state index in [1.54, 1.807) is 13.3 Å². The fourth-order valence-corrected chi connectivity index (χ4v) is 8.07. The quantitative estimate of drug-likeness (QED) is 0.136. The molecular weight excluding hydrogens is 633 g/mol. The minimum Gasteiger partial charge on any atom is -0.481 e. The van der Waals surface area contributed by atoms with E-state index in [-0.39, 0.29) is 11.9 Å². The summed E-state index contributed by atoms with van der Waals surface area (Å²) in [6.45, 7) is 1.25. The maximum Gasteiger partial charge on any atom is 0.220 e. The number of piperidine rings is 1. The first kappa shape index (κ1) is 30.3. The first-order valence-corrected chi connectivity index (χ1v) is 16.9. The summed E-state index contributed by atoms with van der Waals surface area (Å²) in [7, 11) is 1.61. The Kier molecular flexibility index (Phi) is 8.09. The molecule has 1 saturated carbocycles. The largest absolute Gasteiger partial charge is 0.481 e. The zero-order valence-corrected chi connectivity index (χ0v) is 27.5. The van der Waals surface area contributed by atoms with Crippen LogP contribution in [0.2, 0.25) is 10.0 Å². The number of ether oxygens (including phenoxy) is 1. The molecule has 9 nitrogen and oxygen atoms in total. The van der Waals surface area contributed by atoms with Crippen LogP contribution in [-0.4, -0.2) is 51.6 Å². The molecule has 3 aliphatic rings. The van der Waals surface area contributed by atoms with Crippen molar-refractivity contribution in [3.8, 4) is 39.5 Å². The molecule has 0 radical (unpaired) electrons. The number of carbonyl (C=O) groups is 1. The smallest absolute Gasteiger partial charge is 0.220 e. The van der Waals surface area contributed by atoms with Gasteiger partial charge in [-0.1, -0.05) is 53.5 Å². The lowest BCUT2D eigenvalue weighted by molar-refractivity contribution is -0.119. The van der Waals surface area contributed by atoms with E-state index in [9.17, 15) is 4.79 Å². The van der Waals surface area contributed by atoms with Crippen LogP contribution in [0.15, 0.2) is 60.8 Å². The second-order valence-electron chi connectivity index (χ2n) is 12.8. The van der Waals surface area contributed by atoms with Crippen molar-refractivity contribution in [3.05, 3.63) is 82.2 Å². The Morgan fingerprint density at radius 2 is 1.85 bits per heavy atom. The molecule has 1 amide bonds. The van der Waals surface area contributed by atoms with E-state index in [1.165, 1.54) is 19.3 Å². The van der Waals surface area contributed by atoms with Crippen LogP contribution in [0.5, 0.6) is 5.88 Å². The number of halogens is 2. The third kappa shape index (κ3) is 5.75. The first-order valence-electron chi connectivity index (χ1n) is 16.2. The van der Waals surface area contributed by atoms with E-state index in [0.717, 1.165) is 51.1 Å². The number of carbonyl (C=O) groups excluding carboxylic acids is 1.